The lowest BCUT2D eigenvalue weighted by Crippen LogP contribution is -1.92. The van der Waals surface area contributed by atoms with E-state index in [9.17, 15) is 0 Å². The lowest BCUT2D eigenvalue weighted by molar-refractivity contribution is 0.432. The maximum Gasteiger partial charge on any atom is 0.261 e. The van der Waals surface area contributed by atoms with Crippen molar-refractivity contribution < 1.29 is 4.52 Å². The van der Waals surface area contributed by atoms with E-state index in [-0.39, 0.29) is 5.89 Å². The van der Waals surface area contributed by atoms with Crippen LogP contribution in [0.15, 0.2) is 32.6 Å². The van der Waals surface area contributed by atoms with Crippen LogP contribution in [0.1, 0.15) is 0 Å². The van der Waals surface area contributed by atoms with E-state index in [1.807, 2.05) is 12.1 Å². The molecule has 0 aliphatic rings. The first-order valence-corrected chi connectivity index (χ1v) is 7.76. The molecule has 2 aromatic heterocycles. The summed E-state index contributed by atoms with van der Waals surface area (Å²) in [6.45, 7) is 0. The molecule has 0 saturated carbocycles. The highest BCUT2D eigenvalue weighted by atomic mass is 79.9. The van der Waals surface area contributed by atoms with Crippen LogP contribution in [-0.4, -0.2) is 10.1 Å². The van der Waals surface area contributed by atoms with Crippen molar-refractivity contribution in [2.75, 3.05) is 5.73 Å². The van der Waals surface area contributed by atoms with Crippen LogP contribution in [0.4, 0.5) is 5.69 Å². The molecule has 2 N–H and O–H groups in total. The normalized spacial score (nSPS) is 10.9. The second kappa shape index (κ2) is 5.37. The maximum atomic E-state index is 6.12. The van der Waals surface area contributed by atoms with Gasteiger partial charge in [-0.2, -0.15) is 4.98 Å². The molecule has 4 nitrogen and oxygen atoms in total. The van der Waals surface area contributed by atoms with Gasteiger partial charge in [-0.3, -0.25) is 0 Å². The quantitative estimate of drug-likeness (QED) is 0.617. The van der Waals surface area contributed by atoms with Crippen molar-refractivity contribution in [2.24, 2.45) is 0 Å². The van der Waals surface area contributed by atoms with Gasteiger partial charge < -0.3 is 10.3 Å². The molecule has 0 atom stereocenters. The lowest BCUT2D eigenvalue weighted by atomic mass is 10.2. The van der Waals surface area contributed by atoms with Crippen LogP contribution in [0.5, 0.6) is 0 Å². The second-order valence-electron chi connectivity index (χ2n) is 3.84. The van der Waals surface area contributed by atoms with Crippen molar-refractivity contribution >= 4 is 56.2 Å². The highest BCUT2D eigenvalue weighted by Crippen LogP contribution is 2.38. The van der Waals surface area contributed by atoms with Gasteiger partial charge in [0.05, 0.1) is 30.0 Å². The minimum atomic E-state index is 0.245. The average Bonchev–Trinajstić information content (AvgIpc) is 3.03. The molecule has 3 aromatic rings. The molecule has 3 rings (SSSR count). The number of hydrogen-bond acceptors (Lipinski definition) is 5. The minimum absolute atomic E-state index is 0.245. The van der Waals surface area contributed by atoms with Gasteiger partial charge in [-0.05, 0) is 40.2 Å². The summed E-state index contributed by atoms with van der Waals surface area (Å²) in [5.74, 6) is 0.723. The van der Waals surface area contributed by atoms with Gasteiger partial charge in [0.25, 0.3) is 5.89 Å². The molecular formula is C12H6BrCl2N3OS. The van der Waals surface area contributed by atoms with Gasteiger partial charge >= 0.3 is 0 Å². The standard InChI is InChI=1S/C12H6BrCl2N3OS/c13-8-4-3-7(20-8)11-17-12(19-18-11)9-5(14)1-2-6(15)10(9)16/h1-4H,16H2. The summed E-state index contributed by atoms with van der Waals surface area (Å²) >= 11 is 17.0. The molecule has 102 valence electrons. The second-order valence-corrected chi connectivity index (χ2v) is 7.12. The summed E-state index contributed by atoms with van der Waals surface area (Å²) in [6, 6.07) is 7.07. The first-order valence-electron chi connectivity index (χ1n) is 5.39. The molecule has 0 saturated heterocycles. The first-order chi connectivity index (χ1) is 9.56. The molecular weight excluding hydrogens is 385 g/mol. The average molecular weight is 391 g/mol. The number of thiophene rings is 1. The van der Waals surface area contributed by atoms with Gasteiger partial charge in [-0.25, -0.2) is 0 Å². The topological polar surface area (TPSA) is 64.9 Å². The summed E-state index contributed by atoms with van der Waals surface area (Å²) in [7, 11) is 0. The van der Waals surface area contributed by atoms with Gasteiger partial charge in [0, 0.05) is 0 Å². The minimum Gasteiger partial charge on any atom is -0.397 e. The Kier molecular flexibility index (Phi) is 3.72. The van der Waals surface area contributed by atoms with Crippen LogP contribution >= 0.6 is 50.5 Å². The SMILES string of the molecule is Nc1c(Cl)ccc(Cl)c1-c1nc(-c2ccc(Br)s2)no1. The number of benzene rings is 1. The van der Waals surface area contributed by atoms with Gasteiger partial charge in [0.15, 0.2) is 0 Å². The maximum absolute atomic E-state index is 6.12. The number of nitrogens with two attached hydrogens (primary N) is 1. The fourth-order valence-corrected chi connectivity index (χ4v) is 3.36. The molecule has 8 heteroatoms. The van der Waals surface area contributed by atoms with Crippen LogP contribution in [-0.2, 0) is 0 Å². The fraction of sp³-hybridized carbons (Fsp3) is 0. The Bertz CT molecular complexity index is 787. The molecule has 2 heterocycles. The third kappa shape index (κ3) is 2.44. The number of halogens is 3. The number of nitrogens with zero attached hydrogens (tertiary/aromatic N) is 2. The third-order valence-corrected chi connectivity index (χ3v) is 4.84. The Labute approximate surface area is 136 Å². The van der Waals surface area contributed by atoms with E-state index in [4.69, 9.17) is 33.5 Å². The van der Waals surface area contributed by atoms with Crippen molar-refractivity contribution in [3.8, 4) is 22.2 Å². The molecule has 0 aliphatic heterocycles. The summed E-state index contributed by atoms with van der Waals surface area (Å²) in [6.07, 6.45) is 0. The Morgan fingerprint density at radius 3 is 2.60 bits per heavy atom. The van der Waals surface area contributed by atoms with Crippen LogP contribution in [0.25, 0.3) is 22.2 Å². The van der Waals surface area contributed by atoms with Crippen molar-refractivity contribution in [1.82, 2.24) is 10.1 Å². The molecule has 0 aliphatic carbocycles. The van der Waals surface area contributed by atoms with Crippen molar-refractivity contribution in [2.45, 2.75) is 0 Å². The number of hydrogen-bond donors (Lipinski definition) is 1. The van der Waals surface area contributed by atoms with Gasteiger partial charge in [-0.1, -0.05) is 28.4 Å². The van der Waals surface area contributed by atoms with E-state index in [1.54, 1.807) is 12.1 Å². The van der Waals surface area contributed by atoms with Crippen LogP contribution in [0, 0.1) is 0 Å². The number of nitrogen functional groups attached to an aromatic ring is 1. The zero-order valence-corrected chi connectivity index (χ0v) is 13.6. The van der Waals surface area contributed by atoms with Crippen LogP contribution < -0.4 is 5.73 Å². The highest BCUT2D eigenvalue weighted by Gasteiger charge is 2.18. The molecule has 0 unspecified atom stereocenters. The number of anilines is 1. The molecule has 1 aromatic carbocycles. The monoisotopic (exact) mass is 389 g/mol. The van der Waals surface area contributed by atoms with Crippen LogP contribution in [0.3, 0.4) is 0 Å². The van der Waals surface area contributed by atoms with Crippen molar-refractivity contribution in [1.29, 1.82) is 0 Å². The summed E-state index contributed by atoms with van der Waals surface area (Å²) in [4.78, 5) is 5.19. The Hall–Kier alpha value is -1.08. The van der Waals surface area contributed by atoms with E-state index in [2.05, 4.69) is 26.1 Å². The summed E-state index contributed by atoms with van der Waals surface area (Å²) in [5.41, 5.74) is 6.69. The van der Waals surface area contributed by atoms with Gasteiger partial charge in [0.1, 0.15) is 0 Å². The van der Waals surface area contributed by atoms with Crippen molar-refractivity contribution in [3.05, 3.63) is 38.1 Å². The zero-order chi connectivity index (χ0) is 14.3. The van der Waals surface area contributed by atoms with E-state index in [1.165, 1.54) is 11.3 Å². The zero-order valence-electron chi connectivity index (χ0n) is 9.73. The van der Waals surface area contributed by atoms with Crippen LogP contribution in [0.2, 0.25) is 10.0 Å². The van der Waals surface area contributed by atoms with Crippen molar-refractivity contribution in [3.63, 3.8) is 0 Å². The van der Waals surface area contributed by atoms with Gasteiger partial charge in [-0.15, -0.1) is 11.3 Å². The molecule has 0 bridgehead atoms. The molecule has 0 amide bonds. The molecule has 0 spiro atoms. The molecule has 0 fully saturated rings. The third-order valence-electron chi connectivity index (χ3n) is 2.57. The Morgan fingerprint density at radius 1 is 1.15 bits per heavy atom. The first kappa shape index (κ1) is 13.9. The van der Waals surface area contributed by atoms with E-state index in [0.29, 0.717) is 27.1 Å². The molecule has 20 heavy (non-hydrogen) atoms. The van der Waals surface area contributed by atoms with E-state index >= 15 is 0 Å². The number of rotatable bonds is 2. The largest absolute Gasteiger partial charge is 0.397 e. The highest BCUT2D eigenvalue weighted by molar-refractivity contribution is 9.11. The Morgan fingerprint density at radius 2 is 1.90 bits per heavy atom. The van der Waals surface area contributed by atoms with Gasteiger partial charge in [0.2, 0.25) is 5.82 Å². The molecule has 0 radical (unpaired) electrons. The predicted molar refractivity (Wildman–Crippen MR) is 85.2 cm³/mol. The Balaban J connectivity index is 2.09. The van der Waals surface area contributed by atoms with E-state index in [0.717, 1.165) is 8.66 Å². The smallest absolute Gasteiger partial charge is 0.261 e. The number of aromatic nitrogens is 2. The summed E-state index contributed by atoms with van der Waals surface area (Å²) in [5, 5.41) is 4.74. The van der Waals surface area contributed by atoms with E-state index < -0.39 is 0 Å². The summed E-state index contributed by atoms with van der Waals surface area (Å²) < 4.78 is 6.22. The fourth-order valence-electron chi connectivity index (χ4n) is 1.64. The predicted octanol–water partition coefficient (Wildman–Crippen LogP) is 5.12. The lowest BCUT2D eigenvalue weighted by Gasteiger charge is -2.04.